The van der Waals surface area contributed by atoms with Gasteiger partial charge in [0.1, 0.15) is 0 Å². The van der Waals surface area contributed by atoms with Gasteiger partial charge in [-0.05, 0) is 38.2 Å². The van der Waals surface area contributed by atoms with E-state index in [0.717, 1.165) is 26.1 Å². The average Bonchev–Trinajstić information content (AvgIpc) is 2.49. The number of benzene rings is 1. The first-order valence-corrected chi connectivity index (χ1v) is 7.73. The van der Waals surface area contributed by atoms with Crippen molar-refractivity contribution in [3.05, 3.63) is 35.9 Å². The van der Waals surface area contributed by atoms with Gasteiger partial charge >= 0.3 is 0 Å². The highest BCUT2D eigenvalue weighted by atomic mass is 15.1. The third-order valence-electron chi connectivity index (χ3n) is 4.13. The number of hydrogen-bond acceptors (Lipinski definition) is 2. The van der Waals surface area contributed by atoms with Crippen LogP contribution in [0.3, 0.4) is 0 Å². The summed E-state index contributed by atoms with van der Waals surface area (Å²) in [5, 5.41) is 3.77. The molecule has 0 amide bonds. The first-order chi connectivity index (χ1) is 9.78. The number of aryl methyl sites for hydroxylation is 1. The second-order valence-corrected chi connectivity index (χ2v) is 5.85. The summed E-state index contributed by atoms with van der Waals surface area (Å²) in [7, 11) is 0. The van der Waals surface area contributed by atoms with Crippen molar-refractivity contribution in [3.63, 3.8) is 0 Å². The van der Waals surface area contributed by atoms with Gasteiger partial charge in [-0.25, -0.2) is 0 Å². The molecule has 1 fully saturated rings. The minimum atomic E-state index is 0.583. The van der Waals surface area contributed by atoms with Gasteiger partial charge in [0, 0.05) is 25.2 Å². The molecule has 1 aromatic carbocycles. The third kappa shape index (κ3) is 5.00. The van der Waals surface area contributed by atoms with Crippen molar-refractivity contribution in [1.82, 2.24) is 10.2 Å². The number of nitrogens with one attached hydrogen (secondary N) is 1. The van der Waals surface area contributed by atoms with Crippen LogP contribution in [0, 0.1) is 12.3 Å². The number of piperidine rings is 1. The molecule has 0 aliphatic carbocycles. The minimum absolute atomic E-state index is 0.583. The molecule has 2 nitrogen and oxygen atoms in total. The Morgan fingerprint density at radius 1 is 1.30 bits per heavy atom. The van der Waals surface area contributed by atoms with Gasteiger partial charge in [0.25, 0.3) is 0 Å². The molecule has 1 aromatic rings. The van der Waals surface area contributed by atoms with E-state index in [9.17, 15) is 0 Å². The Labute approximate surface area is 123 Å². The molecular formula is C18H26N2. The van der Waals surface area contributed by atoms with Gasteiger partial charge in [0.15, 0.2) is 0 Å². The summed E-state index contributed by atoms with van der Waals surface area (Å²) < 4.78 is 0. The predicted octanol–water partition coefficient (Wildman–Crippen LogP) is 2.69. The Hall–Kier alpha value is -1.30. The van der Waals surface area contributed by atoms with Crippen LogP contribution in [0.2, 0.25) is 0 Å². The van der Waals surface area contributed by atoms with E-state index in [1.54, 1.807) is 0 Å². The molecule has 0 saturated carbocycles. The number of rotatable bonds is 6. The molecule has 20 heavy (non-hydrogen) atoms. The summed E-state index contributed by atoms with van der Waals surface area (Å²) in [6, 6.07) is 12.0. The van der Waals surface area contributed by atoms with Crippen molar-refractivity contribution in [2.75, 3.05) is 19.6 Å². The van der Waals surface area contributed by atoms with E-state index in [2.05, 4.69) is 53.4 Å². The first kappa shape index (κ1) is 15.1. The Morgan fingerprint density at radius 2 is 2.00 bits per heavy atom. The Morgan fingerprint density at radius 3 is 2.65 bits per heavy atom. The maximum Gasteiger partial charge on any atom is 0.0598 e. The van der Waals surface area contributed by atoms with Crippen LogP contribution in [0.5, 0.6) is 0 Å². The zero-order valence-corrected chi connectivity index (χ0v) is 12.5. The van der Waals surface area contributed by atoms with E-state index in [4.69, 9.17) is 6.42 Å². The fourth-order valence-electron chi connectivity index (χ4n) is 2.90. The maximum atomic E-state index is 5.36. The highest BCUT2D eigenvalue weighted by molar-refractivity contribution is 5.14. The van der Waals surface area contributed by atoms with Crippen LogP contribution in [-0.2, 0) is 6.42 Å². The molecule has 2 heteroatoms. The van der Waals surface area contributed by atoms with Gasteiger partial charge < -0.3 is 5.32 Å². The Bertz CT molecular complexity index is 413. The maximum absolute atomic E-state index is 5.36. The van der Waals surface area contributed by atoms with E-state index in [1.807, 2.05) is 0 Å². The van der Waals surface area contributed by atoms with Gasteiger partial charge in [0.05, 0.1) is 6.54 Å². The topological polar surface area (TPSA) is 15.3 Å². The van der Waals surface area contributed by atoms with Crippen molar-refractivity contribution in [3.8, 4) is 12.3 Å². The second kappa shape index (κ2) is 8.09. The normalized spacial score (nSPS) is 18.6. The highest BCUT2D eigenvalue weighted by Crippen LogP contribution is 2.12. The molecular weight excluding hydrogens is 244 g/mol. The van der Waals surface area contributed by atoms with Gasteiger partial charge in [-0.15, -0.1) is 6.42 Å². The predicted molar refractivity (Wildman–Crippen MR) is 85.7 cm³/mol. The first-order valence-electron chi connectivity index (χ1n) is 7.73. The van der Waals surface area contributed by atoms with E-state index < -0.39 is 0 Å². The number of hydrogen-bond donors (Lipinski definition) is 1. The fraction of sp³-hybridized carbons (Fsp3) is 0.556. The van der Waals surface area contributed by atoms with Crippen LogP contribution in [0.25, 0.3) is 0 Å². The molecule has 1 aliphatic heterocycles. The fourth-order valence-corrected chi connectivity index (χ4v) is 2.90. The molecule has 1 unspecified atom stereocenters. The molecule has 108 valence electrons. The molecule has 1 heterocycles. The lowest BCUT2D eigenvalue weighted by Gasteiger charge is -2.33. The smallest absolute Gasteiger partial charge is 0.0598 e. The van der Waals surface area contributed by atoms with Gasteiger partial charge in [-0.2, -0.15) is 0 Å². The van der Waals surface area contributed by atoms with Gasteiger partial charge in [0.2, 0.25) is 0 Å². The molecule has 2 rings (SSSR count). The van der Waals surface area contributed by atoms with E-state index in [0.29, 0.717) is 12.1 Å². The lowest BCUT2D eigenvalue weighted by atomic mass is 10.0. The zero-order valence-electron chi connectivity index (χ0n) is 12.5. The summed E-state index contributed by atoms with van der Waals surface area (Å²) in [6.07, 6.45) is 10.2. The van der Waals surface area contributed by atoms with Crippen LogP contribution in [0.15, 0.2) is 30.3 Å². The van der Waals surface area contributed by atoms with Crippen LogP contribution in [0.1, 0.15) is 31.7 Å². The summed E-state index contributed by atoms with van der Waals surface area (Å²) in [4.78, 5) is 2.37. The summed E-state index contributed by atoms with van der Waals surface area (Å²) in [5.74, 6) is 2.74. The molecule has 0 spiro atoms. The Balaban J connectivity index is 1.65. The number of likely N-dealkylation sites (tertiary alicyclic amines) is 1. The van der Waals surface area contributed by atoms with Crippen molar-refractivity contribution in [2.24, 2.45) is 0 Å². The van der Waals surface area contributed by atoms with E-state index in [-0.39, 0.29) is 0 Å². The monoisotopic (exact) mass is 270 g/mol. The summed E-state index contributed by atoms with van der Waals surface area (Å²) in [6.45, 7) is 5.37. The van der Waals surface area contributed by atoms with Crippen LogP contribution >= 0.6 is 0 Å². The van der Waals surface area contributed by atoms with E-state index in [1.165, 1.54) is 24.8 Å². The van der Waals surface area contributed by atoms with Crippen molar-refractivity contribution < 1.29 is 0 Å². The molecule has 1 atom stereocenters. The molecule has 0 bridgehead atoms. The molecule has 1 N–H and O–H groups in total. The molecule has 0 aromatic heterocycles. The van der Waals surface area contributed by atoms with Gasteiger partial charge in [-0.1, -0.05) is 36.3 Å². The largest absolute Gasteiger partial charge is 0.311 e. The van der Waals surface area contributed by atoms with Crippen LogP contribution in [-0.4, -0.2) is 36.6 Å². The molecule has 0 radical (unpaired) electrons. The van der Waals surface area contributed by atoms with Crippen LogP contribution in [0.4, 0.5) is 0 Å². The van der Waals surface area contributed by atoms with Gasteiger partial charge in [-0.3, -0.25) is 4.90 Å². The highest BCUT2D eigenvalue weighted by Gasteiger charge is 2.19. The number of nitrogens with zero attached hydrogens (tertiary/aromatic N) is 1. The van der Waals surface area contributed by atoms with Crippen molar-refractivity contribution in [2.45, 2.75) is 44.7 Å². The average molecular weight is 270 g/mol. The standard InChI is InChI=1S/C18H26N2/c1-3-13-20-14-11-18(12-15-20)19-16(2)9-10-17-7-5-4-6-8-17/h1,4-8,16,18-19H,9-15H2,2H3. The third-order valence-corrected chi connectivity index (χ3v) is 4.13. The number of terminal acetylenes is 1. The molecule has 1 aliphatic rings. The van der Waals surface area contributed by atoms with E-state index >= 15 is 0 Å². The van der Waals surface area contributed by atoms with Crippen LogP contribution < -0.4 is 5.32 Å². The van der Waals surface area contributed by atoms with Crippen molar-refractivity contribution in [1.29, 1.82) is 0 Å². The lowest BCUT2D eigenvalue weighted by molar-refractivity contribution is 0.209. The minimum Gasteiger partial charge on any atom is -0.311 e. The molecule has 1 saturated heterocycles. The summed E-state index contributed by atoms with van der Waals surface area (Å²) in [5.41, 5.74) is 1.44. The van der Waals surface area contributed by atoms with Crippen molar-refractivity contribution >= 4 is 0 Å². The lowest BCUT2D eigenvalue weighted by Crippen LogP contribution is -2.45. The second-order valence-electron chi connectivity index (χ2n) is 5.85. The quantitative estimate of drug-likeness (QED) is 0.800. The summed E-state index contributed by atoms with van der Waals surface area (Å²) >= 11 is 0. The zero-order chi connectivity index (χ0) is 14.2. The SMILES string of the molecule is C#CCN1CCC(NC(C)CCc2ccccc2)CC1. The Kier molecular flexibility index (Phi) is 6.11.